The number of hydrogen-bond acceptors (Lipinski definition) is 5. The van der Waals surface area contributed by atoms with Crippen LogP contribution in [0.3, 0.4) is 0 Å². The summed E-state index contributed by atoms with van der Waals surface area (Å²) >= 11 is 0. The monoisotopic (exact) mass is 359 g/mol. The van der Waals surface area contributed by atoms with Crippen LogP contribution in [0.15, 0.2) is 34.1 Å². The molecule has 1 aromatic carbocycles. The molecule has 0 saturated carbocycles. The highest BCUT2D eigenvalue weighted by Gasteiger charge is 2.37. The van der Waals surface area contributed by atoms with E-state index in [0.29, 0.717) is 24.9 Å². The molecule has 0 spiro atoms. The number of hydrogen-bond donors (Lipinski definition) is 2. The Kier molecular flexibility index (Phi) is 4.49. The predicted octanol–water partition coefficient (Wildman–Crippen LogP) is -0.175. The molecule has 2 fully saturated rings. The average Bonchev–Trinajstić information content (AvgIpc) is 3.02. The summed E-state index contributed by atoms with van der Waals surface area (Å²) in [6.07, 6.45) is 0.864. The third-order valence-corrected chi connectivity index (χ3v) is 8.02. The average molecular weight is 359 g/mol. The molecule has 0 amide bonds. The number of sulfonamides is 2. The number of nitrogens with one attached hydrogen (secondary N) is 2. The highest BCUT2D eigenvalue weighted by atomic mass is 32.2. The molecule has 3 rings (SSSR count). The molecular formula is C14H21N3O4S2. The van der Waals surface area contributed by atoms with Crippen LogP contribution in [-0.2, 0) is 20.0 Å². The number of fused-ring (bicyclic) bond motifs is 1. The zero-order valence-corrected chi connectivity index (χ0v) is 14.5. The van der Waals surface area contributed by atoms with E-state index >= 15 is 0 Å². The first-order valence-electron chi connectivity index (χ1n) is 7.59. The molecular weight excluding hydrogens is 338 g/mol. The molecule has 2 saturated heterocycles. The minimum Gasteiger partial charge on any atom is -0.316 e. The van der Waals surface area contributed by atoms with Crippen molar-refractivity contribution in [1.29, 1.82) is 0 Å². The molecule has 0 aliphatic carbocycles. The summed E-state index contributed by atoms with van der Waals surface area (Å²) in [6, 6.07) is 5.36. The zero-order chi connectivity index (χ0) is 16.7. The van der Waals surface area contributed by atoms with Gasteiger partial charge >= 0.3 is 0 Å². The number of nitrogens with zero attached hydrogens (tertiary/aromatic N) is 1. The van der Waals surface area contributed by atoms with Gasteiger partial charge < -0.3 is 5.32 Å². The van der Waals surface area contributed by atoms with Crippen molar-refractivity contribution in [3.8, 4) is 0 Å². The van der Waals surface area contributed by atoms with Crippen LogP contribution in [0, 0.1) is 11.8 Å². The van der Waals surface area contributed by atoms with Crippen LogP contribution in [0.25, 0.3) is 0 Å². The van der Waals surface area contributed by atoms with E-state index in [4.69, 9.17) is 0 Å². The molecule has 2 atom stereocenters. The van der Waals surface area contributed by atoms with Gasteiger partial charge in [0.1, 0.15) is 0 Å². The molecule has 0 aromatic heterocycles. The first-order valence-corrected chi connectivity index (χ1v) is 10.5. The number of piperidine rings is 1. The summed E-state index contributed by atoms with van der Waals surface area (Å²) in [4.78, 5) is 0.189. The van der Waals surface area contributed by atoms with Crippen LogP contribution in [0.2, 0.25) is 0 Å². The van der Waals surface area contributed by atoms with Gasteiger partial charge in [-0.05, 0) is 62.7 Å². The van der Waals surface area contributed by atoms with Crippen LogP contribution >= 0.6 is 0 Å². The van der Waals surface area contributed by atoms with Crippen molar-refractivity contribution >= 4 is 20.0 Å². The highest BCUT2D eigenvalue weighted by Crippen LogP contribution is 2.30. The Morgan fingerprint density at radius 2 is 1.65 bits per heavy atom. The maximum atomic E-state index is 12.7. The lowest BCUT2D eigenvalue weighted by molar-refractivity contribution is 0.228. The van der Waals surface area contributed by atoms with Gasteiger partial charge in [0.15, 0.2) is 0 Å². The smallest absolute Gasteiger partial charge is 0.243 e. The van der Waals surface area contributed by atoms with Gasteiger partial charge in [-0.2, -0.15) is 4.31 Å². The first-order chi connectivity index (χ1) is 10.8. The molecule has 23 heavy (non-hydrogen) atoms. The lowest BCUT2D eigenvalue weighted by atomic mass is 9.90. The summed E-state index contributed by atoms with van der Waals surface area (Å²) < 4.78 is 52.6. The molecule has 9 heteroatoms. The first kappa shape index (κ1) is 16.8. The van der Waals surface area contributed by atoms with Gasteiger partial charge in [0.2, 0.25) is 20.0 Å². The minimum atomic E-state index is -3.58. The SMILES string of the molecule is CNS(=O)(=O)c1ccc(S(=O)(=O)N2CCC3CNCC3C2)cc1. The van der Waals surface area contributed by atoms with Gasteiger partial charge in [-0.25, -0.2) is 21.6 Å². The van der Waals surface area contributed by atoms with Crippen molar-refractivity contribution in [3.05, 3.63) is 24.3 Å². The van der Waals surface area contributed by atoms with Crippen molar-refractivity contribution in [2.75, 3.05) is 33.2 Å². The second-order valence-electron chi connectivity index (χ2n) is 6.01. The third kappa shape index (κ3) is 3.16. The minimum absolute atomic E-state index is 0.0534. The summed E-state index contributed by atoms with van der Waals surface area (Å²) in [6.45, 7) is 2.86. The van der Waals surface area contributed by atoms with Gasteiger partial charge in [-0.3, -0.25) is 0 Å². The fourth-order valence-electron chi connectivity index (χ4n) is 3.28. The van der Waals surface area contributed by atoms with Crippen LogP contribution < -0.4 is 10.0 Å². The molecule has 128 valence electrons. The van der Waals surface area contributed by atoms with Gasteiger partial charge in [-0.15, -0.1) is 0 Å². The van der Waals surface area contributed by atoms with Crippen molar-refractivity contribution in [2.24, 2.45) is 11.8 Å². The number of rotatable bonds is 4. The van der Waals surface area contributed by atoms with E-state index in [9.17, 15) is 16.8 Å². The highest BCUT2D eigenvalue weighted by molar-refractivity contribution is 7.89. The van der Waals surface area contributed by atoms with Crippen molar-refractivity contribution < 1.29 is 16.8 Å². The van der Waals surface area contributed by atoms with E-state index in [1.54, 1.807) is 0 Å². The normalized spacial score (nSPS) is 26.1. The topological polar surface area (TPSA) is 95.6 Å². The summed E-state index contributed by atoms with van der Waals surface area (Å²) in [5, 5.41) is 3.31. The van der Waals surface area contributed by atoms with E-state index in [2.05, 4.69) is 10.0 Å². The zero-order valence-electron chi connectivity index (χ0n) is 12.9. The maximum absolute atomic E-state index is 12.7. The molecule has 0 bridgehead atoms. The number of benzene rings is 1. The summed E-state index contributed by atoms with van der Waals surface area (Å²) in [7, 11) is -5.82. The Hall–Kier alpha value is -1.00. The van der Waals surface area contributed by atoms with Gasteiger partial charge in [0.25, 0.3) is 0 Å². The molecule has 1 aromatic rings. The van der Waals surface area contributed by atoms with Crippen molar-refractivity contribution in [2.45, 2.75) is 16.2 Å². The van der Waals surface area contributed by atoms with E-state index in [1.807, 2.05) is 0 Å². The lowest BCUT2D eigenvalue weighted by Crippen LogP contribution is -2.43. The Balaban J connectivity index is 1.82. The summed E-state index contributed by atoms with van der Waals surface area (Å²) in [5.74, 6) is 0.923. The van der Waals surface area contributed by atoms with Crippen LogP contribution in [-0.4, -0.2) is 54.4 Å². The summed E-state index contributed by atoms with van der Waals surface area (Å²) in [5.41, 5.74) is 0. The van der Waals surface area contributed by atoms with E-state index in [-0.39, 0.29) is 9.79 Å². The molecule has 2 aliphatic heterocycles. The van der Waals surface area contributed by atoms with Gasteiger partial charge in [0.05, 0.1) is 9.79 Å². The maximum Gasteiger partial charge on any atom is 0.243 e. The van der Waals surface area contributed by atoms with Crippen LogP contribution in [0.5, 0.6) is 0 Å². The second kappa shape index (κ2) is 6.14. The third-order valence-electron chi connectivity index (χ3n) is 4.71. The fourth-order valence-corrected chi connectivity index (χ4v) is 5.52. The molecule has 2 heterocycles. The largest absolute Gasteiger partial charge is 0.316 e. The predicted molar refractivity (Wildman–Crippen MR) is 85.9 cm³/mol. The molecule has 2 N–H and O–H groups in total. The van der Waals surface area contributed by atoms with Crippen LogP contribution in [0.1, 0.15) is 6.42 Å². The standard InChI is InChI=1S/C14H21N3O4S2/c1-15-22(18,19)13-2-4-14(5-3-13)23(20,21)17-7-6-11-8-16-9-12(11)10-17/h2-5,11-12,15-16H,6-10H2,1H3. The van der Waals surface area contributed by atoms with E-state index < -0.39 is 20.0 Å². The van der Waals surface area contributed by atoms with Crippen LogP contribution in [0.4, 0.5) is 0 Å². The van der Waals surface area contributed by atoms with E-state index in [1.165, 1.54) is 35.6 Å². The van der Waals surface area contributed by atoms with Crippen molar-refractivity contribution in [1.82, 2.24) is 14.3 Å². The quantitative estimate of drug-likeness (QED) is 0.778. The Bertz CT molecular complexity index is 775. The fraction of sp³-hybridized carbons (Fsp3) is 0.571. The van der Waals surface area contributed by atoms with E-state index in [0.717, 1.165) is 19.5 Å². The molecule has 2 aliphatic rings. The molecule has 0 radical (unpaired) electrons. The van der Waals surface area contributed by atoms with Gasteiger partial charge in [0, 0.05) is 13.1 Å². The van der Waals surface area contributed by atoms with Gasteiger partial charge in [-0.1, -0.05) is 0 Å². The molecule has 7 nitrogen and oxygen atoms in total. The second-order valence-corrected chi connectivity index (χ2v) is 9.83. The Morgan fingerprint density at radius 3 is 2.30 bits per heavy atom. The Labute approximate surface area is 137 Å². The lowest BCUT2D eigenvalue weighted by Gasteiger charge is -2.33. The van der Waals surface area contributed by atoms with Crippen molar-refractivity contribution in [3.63, 3.8) is 0 Å². The molecule has 2 unspecified atom stereocenters. The Morgan fingerprint density at radius 1 is 1.04 bits per heavy atom.